The standard InChI is InChI=1S/C24H24N10O/c25-24-20(17-19(29-30-24)18-5-1-2-6-21(18)35)32-11-4-12-33(16-15-32)23-8-9-26-22(28-23)7-3-13-34-14-10-27-31-34/h1-2,5-6,8-10,14,17,35H,4,11-13,15-16H2,(H2,25,30). The number of nitrogens with zero attached hydrogens (tertiary/aromatic N) is 9. The molecule has 1 aromatic carbocycles. The van der Waals surface area contributed by atoms with Crippen LogP contribution in [0.4, 0.5) is 17.3 Å². The van der Waals surface area contributed by atoms with Gasteiger partial charge in [0.2, 0.25) is 5.82 Å². The highest BCUT2D eigenvalue weighted by molar-refractivity contribution is 5.74. The lowest BCUT2D eigenvalue weighted by Gasteiger charge is -2.25. The summed E-state index contributed by atoms with van der Waals surface area (Å²) in [6.45, 7) is 3.55. The number of para-hydroxylation sites is 1. The fourth-order valence-corrected chi connectivity index (χ4v) is 3.96. The van der Waals surface area contributed by atoms with E-state index >= 15 is 0 Å². The van der Waals surface area contributed by atoms with Crippen LogP contribution in [0.2, 0.25) is 0 Å². The summed E-state index contributed by atoms with van der Waals surface area (Å²) in [6.07, 6.45) is 6.01. The highest BCUT2D eigenvalue weighted by Crippen LogP contribution is 2.31. The Labute approximate surface area is 202 Å². The molecule has 1 saturated heterocycles. The number of phenolic OH excluding ortho intramolecular Hbond substituents is 1. The molecule has 3 aromatic heterocycles. The number of aromatic nitrogens is 7. The van der Waals surface area contributed by atoms with E-state index in [9.17, 15) is 5.11 Å². The molecule has 11 nitrogen and oxygen atoms in total. The molecule has 176 valence electrons. The molecule has 5 rings (SSSR count). The number of aromatic hydroxyl groups is 1. The Balaban J connectivity index is 1.30. The van der Waals surface area contributed by atoms with Crippen molar-refractivity contribution >= 4 is 17.3 Å². The number of benzene rings is 1. The Kier molecular flexibility index (Phi) is 6.34. The molecule has 4 aromatic rings. The number of phenols is 1. The maximum atomic E-state index is 10.2. The third-order valence-corrected chi connectivity index (χ3v) is 5.70. The van der Waals surface area contributed by atoms with E-state index in [2.05, 4.69) is 52.1 Å². The molecule has 1 aliphatic rings. The highest BCUT2D eigenvalue weighted by atomic mass is 16.3. The van der Waals surface area contributed by atoms with Crippen LogP contribution in [0.15, 0.2) is 55.0 Å². The van der Waals surface area contributed by atoms with Gasteiger partial charge in [0.25, 0.3) is 0 Å². The summed E-state index contributed by atoms with van der Waals surface area (Å²) < 4.78 is 1.64. The summed E-state index contributed by atoms with van der Waals surface area (Å²) in [5, 5.41) is 26.2. The second kappa shape index (κ2) is 10.0. The van der Waals surface area contributed by atoms with Gasteiger partial charge in [-0.3, -0.25) is 0 Å². The minimum Gasteiger partial charge on any atom is -0.507 e. The van der Waals surface area contributed by atoms with Gasteiger partial charge in [0.15, 0.2) is 5.82 Å². The maximum Gasteiger partial charge on any atom is 0.206 e. The van der Waals surface area contributed by atoms with Crippen molar-refractivity contribution in [1.82, 2.24) is 35.2 Å². The van der Waals surface area contributed by atoms with Gasteiger partial charge in [-0.15, -0.1) is 15.3 Å². The summed E-state index contributed by atoms with van der Waals surface area (Å²) in [4.78, 5) is 13.3. The Hall–Kier alpha value is -4.72. The van der Waals surface area contributed by atoms with Gasteiger partial charge in [0.1, 0.15) is 18.1 Å². The van der Waals surface area contributed by atoms with E-state index < -0.39 is 0 Å². The first kappa shape index (κ1) is 22.1. The Morgan fingerprint density at radius 3 is 2.71 bits per heavy atom. The molecule has 0 atom stereocenters. The van der Waals surface area contributed by atoms with Gasteiger partial charge in [-0.25, -0.2) is 14.6 Å². The quantitative estimate of drug-likeness (QED) is 0.425. The van der Waals surface area contributed by atoms with Crippen LogP contribution < -0.4 is 15.5 Å². The molecule has 3 N–H and O–H groups in total. The molecule has 11 heteroatoms. The van der Waals surface area contributed by atoms with Crippen LogP contribution in [0.1, 0.15) is 12.2 Å². The lowest BCUT2D eigenvalue weighted by molar-refractivity contribution is 0.477. The molecular formula is C24H24N10O. The molecule has 0 radical (unpaired) electrons. The molecule has 0 aliphatic carbocycles. The van der Waals surface area contributed by atoms with Crippen molar-refractivity contribution in [2.45, 2.75) is 13.0 Å². The zero-order chi connectivity index (χ0) is 24.0. The van der Waals surface area contributed by atoms with Crippen molar-refractivity contribution in [3.05, 3.63) is 60.8 Å². The van der Waals surface area contributed by atoms with Gasteiger partial charge in [0.05, 0.1) is 17.6 Å². The Morgan fingerprint density at radius 1 is 1.00 bits per heavy atom. The minimum atomic E-state index is 0.156. The van der Waals surface area contributed by atoms with E-state index in [0.717, 1.165) is 44.1 Å². The molecule has 0 spiro atoms. The molecule has 0 saturated carbocycles. The van der Waals surface area contributed by atoms with Crippen LogP contribution in [-0.2, 0) is 6.54 Å². The van der Waals surface area contributed by atoms with E-state index in [4.69, 9.17) is 5.73 Å². The predicted octanol–water partition coefficient (Wildman–Crippen LogP) is 1.58. The lowest BCUT2D eigenvalue weighted by atomic mass is 10.1. The average Bonchev–Trinajstić information content (AvgIpc) is 3.27. The van der Waals surface area contributed by atoms with Crippen LogP contribution in [0, 0.1) is 11.8 Å². The van der Waals surface area contributed by atoms with Gasteiger partial charge >= 0.3 is 0 Å². The number of anilines is 3. The third kappa shape index (κ3) is 5.11. The molecule has 4 heterocycles. The van der Waals surface area contributed by atoms with Crippen LogP contribution >= 0.6 is 0 Å². The number of nitrogen functional groups attached to an aromatic ring is 1. The number of rotatable bonds is 4. The van der Waals surface area contributed by atoms with Crippen LogP contribution in [0.3, 0.4) is 0 Å². The summed E-state index contributed by atoms with van der Waals surface area (Å²) in [7, 11) is 0. The summed E-state index contributed by atoms with van der Waals surface area (Å²) in [6, 6.07) is 10.9. The fraction of sp³-hybridized carbons (Fsp3) is 0.250. The van der Waals surface area contributed by atoms with Gasteiger partial charge in [-0.2, -0.15) is 0 Å². The van der Waals surface area contributed by atoms with Crippen molar-refractivity contribution in [3.8, 4) is 28.8 Å². The molecule has 35 heavy (non-hydrogen) atoms. The van der Waals surface area contributed by atoms with Gasteiger partial charge < -0.3 is 20.6 Å². The largest absolute Gasteiger partial charge is 0.507 e. The molecule has 1 aliphatic heterocycles. The van der Waals surface area contributed by atoms with E-state index in [1.165, 1.54) is 0 Å². The average molecular weight is 469 g/mol. The highest BCUT2D eigenvalue weighted by Gasteiger charge is 2.20. The third-order valence-electron chi connectivity index (χ3n) is 5.70. The zero-order valence-corrected chi connectivity index (χ0v) is 19.0. The van der Waals surface area contributed by atoms with Gasteiger partial charge in [-0.1, -0.05) is 23.3 Å². The smallest absolute Gasteiger partial charge is 0.206 e. The van der Waals surface area contributed by atoms with Crippen LogP contribution in [0.25, 0.3) is 11.3 Å². The minimum absolute atomic E-state index is 0.156. The monoisotopic (exact) mass is 468 g/mol. The van der Waals surface area contributed by atoms with Crippen molar-refractivity contribution in [3.63, 3.8) is 0 Å². The van der Waals surface area contributed by atoms with E-state index in [1.54, 1.807) is 35.4 Å². The molecular weight excluding hydrogens is 444 g/mol. The number of hydrogen-bond acceptors (Lipinski definition) is 10. The second-order valence-corrected chi connectivity index (χ2v) is 7.99. The van der Waals surface area contributed by atoms with E-state index in [-0.39, 0.29) is 5.75 Å². The molecule has 0 bridgehead atoms. The van der Waals surface area contributed by atoms with Crippen molar-refractivity contribution in [2.24, 2.45) is 0 Å². The van der Waals surface area contributed by atoms with Crippen LogP contribution in [-0.4, -0.2) is 66.4 Å². The first-order chi connectivity index (χ1) is 17.2. The molecule has 0 amide bonds. The lowest BCUT2D eigenvalue weighted by Crippen LogP contribution is -2.31. The Bertz CT molecular complexity index is 1360. The topological polar surface area (TPSA) is 135 Å². The molecule has 1 fully saturated rings. The van der Waals surface area contributed by atoms with Gasteiger partial charge in [-0.05, 0) is 36.6 Å². The predicted molar refractivity (Wildman–Crippen MR) is 132 cm³/mol. The number of nitrogens with two attached hydrogens (primary N) is 1. The van der Waals surface area contributed by atoms with Crippen molar-refractivity contribution < 1.29 is 5.11 Å². The number of hydrogen-bond donors (Lipinski definition) is 2. The summed E-state index contributed by atoms with van der Waals surface area (Å²) in [5.74, 6) is 7.84. The van der Waals surface area contributed by atoms with E-state index in [1.807, 2.05) is 24.3 Å². The normalized spacial score (nSPS) is 13.7. The maximum absolute atomic E-state index is 10.2. The molecule has 0 unspecified atom stereocenters. The fourth-order valence-electron chi connectivity index (χ4n) is 3.96. The first-order valence-electron chi connectivity index (χ1n) is 11.2. The SMILES string of the molecule is Nc1nnc(-c2ccccc2O)cc1N1CCCN(c2ccnc(C#CCn3ccnn3)n2)CC1. The van der Waals surface area contributed by atoms with E-state index in [0.29, 0.717) is 29.4 Å². The second-order valence-electron chi connectivity index (χ2n) is 7.99. The summed E-state index contributed by atoms with van der Waals surface area (Å²) >= 11 is 0. The van der Waals surface area contributed by atoms with Crippen LogP contribution in [0.5, 0.6) is 5.75 Å². The zero-order valence-electron chi connectivity index (χ0n) is 19.0. The van der Waals surface area contributed by atoms with Gasteiger partial charge in [0, 0.05) is 44.1 Å². The Morgan fingerprint density at radius 2 is 1.86 bits per heavy atom. The van der Waals surface area contributed by atoms with Crippen molar-refractivity contribution in [1.29, 1.82) is 0 Å². The first-order valence-corrected chi connectivity index (χ1v) is 11.2. The van der Waals surface area contributed by atoms with Crippen molar-refractivity contribution in [2.75, 3.05) is 41.7 Å². The summed E-state index contributed by atoms with van der Waals surface area (Å²) in [5.41, 5.74) is 8.21.